The maximum absolute atomic E-state index is 11.8. The Bertz CT molecular complexity index is 412. The van der Waals surface area contributed by atoms with Gasteiger partial charge in [0.2, 0.25) is 0 Å². The molecule has 1 fully saturated rings. The number of benzene rings is 1. The van der Waals surface area contributed by atoms with Crippen LogP contribution in [0.5, 0.6) is 0 Å². The molecule has 0 aliphatic heterocycles. The molecule has 1 saturated carbocycles. The van der Waals surface area contributed by atoms with Crippen molar-refractivity contribution in [3.05, 3.63) is 35.9 Å². The van der Waals surface area contributed by atoms with E-state index >= 15 is 0 Å². The number of alkyl carbamates (subject to hydrolysis) is 1. The van der Waals surface area contributed by atoms with E-state index in [-0.39, 0.29) is 33.6 Å². The van der Waals surface area contributed by atoms with Crippen molar-refractivity contribution < 1.29 is 31.0 Å². The molecule has 0 radical (unpaired) electrons. The van der Waals surface area contributed by atoms with Gasteiger partial charge in [-0.3, -0.25) is 0 Å². The molecule has 0 heterocycles. The van der Waals surface area contributed by atoms with Crippen LogP contribution < -0.4 is 30.7 Å². The van der Waals surface area contributed by atoms with Gasteiger partial charge in [0.1, 0.15) is 0 Å². The third-order valence-electron chi connectivity index (χ3n) is 3.62. The predicted octanol–water partition coefficient (Wildman–Crippen LogP) is -0.566. The molecule has 4 nitrogen and oxygen atoms in total. The number of rotatable bonds is 5. The summed E-state index contributed by atoms with van der Waals surface area (Å²) in [6.07, 6.45) is 4.24. The predicted molar refractivity (Wildman–Crippen MR) is 74.6 cm³/mol. The van der Waals surface area contributed by atoms with Gasteiger partial charge >= 0.3 is 131 Å². The number of hydrogen-bond acceptors (Lipinski definition) is 3. The van der Waals surface area contributed by atoms with Gasteiger partial charge in [-0.05, 0) is 0 Å². The van der Waals surface area contributed by atoms with E-state index in [4.69, 9.17) is 8.68 Å². The van der Waals surface area contributed by atoms with Gasteiger partial charge in [-0.2, -0.15) is 0 Å². The van der Waals surface area contributed by atoms with Crippen molar-refractivity contribution in [2.45, 2.75) is 38.3 Å². The number of ether oxygens (including phenoxy) is 1. The number of hydrogen-bond donors (Lipinski definition) is 2. The molecule has 1 aromatic carbocycles. The van der Waals surface area contributed by atoms with Crippen LogP contribution in [-0.2, 0) is 11.3 Å². The monoisotopic (exact) mass is 389 g/mol. The van der Waals surface area contributed by atoms with Gasteiger partial charge in [0.25, 0.3) is 0 Å². The third-order valence-corrected chi connectivity index (χ3v) is 5.38. The molecule has 0 spiro atoms. The molecule has 20 heavy (non-hydrogen) atoms. The zero-order chi connectivity index (χ0) is 14.2. The second-order valence-corrected chi connectivity index (χ2v) is 7.01. The van der Waals surface area contributed by atoms with Crippen LogP contribution in [0.1, 0.15) is 31.2 Å². The standard InChI is InChI=1S/C15H22IN2O2/c17-16-10-13-7-4-8-14(9-13)18-15(19)20-11-12-5-2-1-3-6-12/h1-3,5-6,13-14H,4,7-11,17H2,(H,18,19)/q-1/t13-,14+/m1/s1. The van der Waals surface area contributed by atoms with Crippen LogP contribution in [0.15, 0.2) is 30.3 Å². The summed E-state index contributed by atoms with van der Waals surface area (Å²) in [5.74, 6) is 0.695. The van der Waals surface area contributed by atoms with Crippen LogP contribution in [0.25, 0.3) is 0 Å². The first-order chi connectivity index (χ1) is 9.78. The average molecular weight is 389 g/mol. The number of nitrogens with one attached hydrogen (secondary N) is 1. The first kappa shape index (κ1) is 15.6. The number of carbonyl (C=O) groups excluding carboxylic acids is 1. The number of halogens is 1. The summed E-state index contributed by atoms with van der Waals surface area (Å²) >= 11 is -0.140. The summed E-state index contributed by atoms with van der Waals surface area (Å²) in [5, 5.41) is 2.99. The van der Waals surface area contributed by atoms with E-state index in [1.807, 2.05) is 30.3 Å². The minimum atomic E-state index is -0.304. The van der Waals surface area contributed by atoms with E-state index in [1.165, 1.54) is 12.8 Å². The van der Waals surface area contributed by atoms with Gasteiger partial charge in [0.15, 0.2) is 0 Å². The molecular formula is C15H22IN2O2-. The van der Waals surface area contributed by atoms with E-state index in [1.54, 1.807) is 0 Å². The Morgan fingerprint density at radius 2 is 2.15 bits per heavy atom. The fourth-order valence-corrected chi connectivity index (χ4v) is 4.14. The van der Waals surface area contributed by atoms with Crippen LogP contribution >= 0.6 is 0 Å². The first-order valence-electron chi connectivity index (χ1n) is 7.03. The van der Waals surface area contributed by atoms with Crippen molar-refractivity contribution in [1.82, 2.24) is 5.32 Å². The molecular weight excluding hydrogens is 367 g/mol. The Kier molecular flexibility index (Phi) is 6.59. The molecule has 1 aliphatic rings. The second-order valence-electron chi connectivity index (χ2n) is 5.24. The SMILES string of the molecule is N[I-]C[C@@H]1CCC[C@H](NC(=O)OCc2ccccc2)C1. The normalized spacial score (nSPS) is 22.4. The number of amides is 1. The zero-order valence-corrected chi connectivity index (χ0v) is 13.7. The van der Waals surface area contributed by atoms with Crippen molar-refractivity contribution in [3.63, 3.8) is 0 Å². The van der Waals surface area contributed by atoms with E-state index in [9.17, 15) is 4.79 Å². The minimum absolute atomic E-state index is 0.140. The Morgan fingerprint density at radius 3 is 2.90 bits per heavy atom. The van der Waals surface area contributed by atoms with Crippen LogP contribution in [0, 0.1) is 5.92 Å². The molecule has 5 heteroatoms. The van der Waals surface area contributed by atoms with Gasteiger partial charge < -0.3 is 0 Å². The van der Waals surface area contributed by atoms with Gasteiger partial charge in [-0.15, -0.1) is 0 Å². The Hall–Kier alpha value is -0.820. The summed E-state index contributed by atoms with van der Waals surface area (Å²) in [7, 11) is 0. The van der Waals surface area contributed by atoms with E-state index < -0.39 is 0 Å². The Morgan fingerprint density at radius 1 is 1.35 bits per heavy atom. The Labute approximate surface area is 131 Å². The molecule has 1 aromatic rings. The number of alkyl halides is 1. The summed E-state index contributed by atoms with van der Waals surface area (Å²) in [4.78, 5) is 11.8. The topological polar surface area (TPSA) is 64.3 Å². The molecule has 0 bridgehead atoms. The van der Waals surface area contributed by atoms with Crippen molar-refractivity contribution >= 4 is 6.09 Å². The second kappa shape index (κ2) is 8.46. The molecule has 1 aliphatic carbocycles. The summed E-state index contributed by atoms with van der Waals surface area (Å²) in [5.41, 5.74) is 1.01. The fraction of sp³-hybridized carbons (Fsp3) is 0.533. The first-order valence-corrected chi connectivity index (χ1v) is 9.80. The third kappa shape index (κ3) is 5.28. The van der Waals surface area contributed by atoms with E-state index in [0.29, 0.717) is 12.5 Å². The van der Waals surface area contributed by atoms with E-state index in [0.717, 1.165) is 22.8 Å². The molecule has 1 amide bonds. The average Bonchev–Trinajstić information content (AvgIpc) is 2.47. The number of carbonyl (C=O) groups is 1. The van der Waals surface area contributed by atoms with Crippen LogP contribution in [0.4, 0.5) is 4.79 Å². The zero-order valence-electron chi connectivity index (χ0n) is 11.6. The molecule has 0 aromatic heterocycles. The fourth-order valence-electron chi connectivity index (χ4n) is 2.62. The Balaban J connectivity index is 1.71. The van der Waals surface area contributed by atoms with Gasteiger partial charge in [0, 0.05) is 0 Å². The summed E-state index contributed by atoms with van der Waals surface area (Å²) in [6, 6.07) is 10.00. The van der Waals surface area contributed by atoms with Gasteiger partial charge in [0.05, 0.1) is 0 Å². The van der Waals surface area contributed by atoms with Gasteiger partial charge in [-0.25, -0.2) is 0 Å². The van der Waals surface area contributed by atoms with Gasteiger partial charge in [-0.1, -0.05) is 0 Å². The van der Waals surface area contributed by atoms with Crippen molar-refractivity contribution in [2.75, 3.05) is 4.43 Å². The van der Waals surface area contributed by atoms with Crippen LogP contribution in [0.2, 0.25) is 0 Å². The summed E-state index contributed by atoms with van der Waals surface area (Å²) < 4.78 is 12.1. The quantitative estimate of drug-likeness (QED) is 0.403. The van der Waals surface area contributed by atoms with Crippen LogP contribution in [-0.4, -0.2) is 16.6 Å². The van der Waals surface area contributed by atoms with Crippen LogP contribution in [0.3, 0.4) is 0 Å². The molecule has 112 valence electrons. The summed E-state index contributed by atoms with van der Waals surface area (Å²) in [6.45, 7) is 0.330. The number of nitrogens with two attached hydrogens (primary N) is 1. The van der Waals surface area contributed by atoms with Crippen molar-refractivity contribution in [2.24, 2.45) is 9.86 Å². The maximum atomic E-state index is 11.8. The van der Waals surface area contributed by atoms with E-state index in [2.05, 4.69) is 5.32 Å². The van der Waals surface area contributed by atoms with Crippen molar-refractivity contribution in [1.29, 1.82) is 0 Å². The molecule has 3 N–H and O–H groups in total. The molecule has 2 rings (SSSR count). The van der Waals surface area contributed by atoms with Crippen molar-refractivity contribution in [3.8, 4) is 0 Å². The molecule has 0 saturated heterocycles. The molecule has 2 atom stereocenters. The molecule has 0 unspecified atom stereocenters.